The van der Waals surface area contributed by atoms with Crippen LogP contribution in [-0.4, -0.2) is 11.1 Å². The van der Waals surface area contributed by atoms with E-state index < -0.39 is 5.97 Å². The Kier molecular flexibility index (Phi) is 11.9. The third-order valence-corrected chi connectivity index (χ3v) is 0.302. The number of carboxylic acid groups (broad SMARTS) is 1. The van der Waals surface area contributed by atoms with Crippen LogP contribution in [-0.2, 0) is 4.79 Å². The van der Waals surface area contributed by atoms with Crippen molar-refractivity contribution in [2.24, 2.45) is 0 Å². The maximum atomic E-state index is 9.37. The summed E-state index contributed by atoms with van der Waals surface area (Å²) in [5.74, 6) is -0.745. The van der Waals surface area contributed by atoms with Gasteiger partial charge in [0.1, 0.15) is 0 Å². The molecule has 7 heavy (non-hydrogen) atoms. The molecule has 0 amide bonds. The molecule has 0 aromatic heterocycles. The number of hydrogen-bond donors (Lipinski definition) is 1. The van der Waals surface area contributed by atoms with Crippen LogP contribution in [0.5, 0.6) is 0 Å². The van der Waals surface area contributed by atoms with Crippen molar-refractivity contribution in [3.8, 4) is 6.57 Å². The summed E-state index contributed by atoms with van der Waals surface area (Å²) < 4.78 is 0. The smallest absolute Gasteiger partial charge is 0.303 e. The first-order valence-electron chi connectivity index (χ1n) is 1.75. The predicted molar refractivity (Wildman–Crippen MR) is 24.6 cm³/mol. The molecule has 0 aliphatic rings. The Morgan fingerprint density at radius 1 is 1.86 bits per heavy atom. The Morgan fingerprint density at radius 2 is 2.00 bits per heavy atom. The van der Waals surface area contributed by atoms with Crippen LogP contribution in [0.1, 0.15) is 13.3 Å². The molecule has 0 aromatic carbocycles. The van der Waals surface area contributed by atoms with E-state index in [1.165, 1.54) is 0 Å². The molecule has 1 N–H and O–H groups in total. The number of aliphatic carboxylic acids is 1. The van der Waals surface area contributed by atoms with Crippen molar-refractivity contribution < 1.29 is 9.90 Å². The molecule has 0 heterocycles. The SMILES string of the molecule is C#N.CCC(=O)O. The number of hydrogen-bond acceptors (Lipinski definition) is 2. The molecule has 0 unspecified atom stereocenters. The van der Waals surface area contributed by atoms with Crippen molar-refractivity contribution in [1.82, 2.24) is 0 Å². The summed E-state index contributed by atoms with van der Waals surface area (Å²) in [6.45, 7) is 5.10. The molecule has 0 aliphatic carbocycles. The zero-order valence-electron chi connectivity index (χ0n) is 4.09. The zero-order valence-corrected chi connectivity index (χ0v) is 4.09. The van der Waals surface area contributed by atoms with Gasteiger partial charge in [-0.2, -0.15) is 0 Å². The predicted octanol–water partition coefficient (Wildman–Crippen LogP) is 0.621. The highest BCUT2D eigenvalue weighted by atomic mass is 16.4. The Bertz CT molecular complexity index is 67.3. The maximum absolute atomic E-state index is 9.37. The summed E-state index contributed by atoms with van der Waals surface area (Å²) >= 11 is 0. The van der Waals surface area contributed by atoms with Gasteiger partial charge in [-0.3, -0.25) is 4.79 Å². The van der Waals surface area contributed by atoms with E-state index in [1.54, 1.807) is 6.92 Å². The fourth-order valence-corrected chi connectivity index (χ4v) is 0. The van der Waals surface area contributed by atoms with Crippen LogP contribution in [0.15, 0.2) is 0 Å². The highest BCUT2D eigenvalue weighted by molar-refractivity contribution is 5.66. The van der Waals surface area contributed by atoms with Crippen molar-refractivity contribution in [2.45, 2.75) is 13.3 Å². The number of carboxylic acids is 1. The van der Waals surface area contributed by atoms with Gasteiger partial charge >= 0.3 is 5.97 Å². The number of carbonyl (C=O) groups is 1. The van der Waals surface area contributed by atoms with Crippen LogP contribution < -0.4 is 0 Å². The normalized spacial score (nSPS) is 5.57. The molecule has 0 saturated heterocycles. The minimum atomic E-state index is -0.745. The van der Waals surface area contributed by atoms with E-state index in [0.29, 0.717) is 0 Å². The number of nitriles is 1. The third-order valence-electron chi connectivity index (χ3n) is 0.302. The van der Waals surface area contributed by atoms with Crippen LogP contribution in [0.2, 0.25) is 0 Å². The van der Waals surface area contributed by atoms with Crippen LogP contribution in [0.25, 0.3) is 0 Å². The Hall–Kier alpha value is -1.04. The van der Waals surface area contributed by atoms with Crippen LogP contribution in [0.4, 0.5) is 0 Å². The van der Waals surface area contributed by atoms with Crippen molar-refractivity contribution in [1.29, 1.82) is 5.26 Å². The van der Waals surface area contributed by atoms with Crippen molar-refractivity contribution in [2.75, 3.05) is 0 Å². The van der Waals surface area contributed by atoms with Gasteiger partial charge in [0, 0.05) is 13.0 Å². The lowest BCUT2D eigenvalue weighted by atomic mass is 10.5. The van der Waals surface area contributed by atoms with Gasteiger partial charge < -0.3 is 5.11 Å². The minimum absolute atomic E-state index is 0.222. The van der Waals surface area contributed by atoms with Gasteiger partial charge in [-0.15, -0.1) is 0 Å². The first kappa shape index (κ1) is 9.35. The van der Waals surface area contributed by atoms with Crippen molar-refractivity contribution >= 4 is 5.97 Å². The Labute approximate surface area is 42.2 Å². The molecule has 0 fully saturated rings. The van der Waals surface area contributed by atoms with Crippen LogP contribution in [0, 0.1) is 11.8 Å². The standard InChI is InChI=1S/C3H6O2.CHN/c1-2-3(4)5;1-2/h2H2,1H3,(H,4,5);1H. The molecule has 0 radical (unpaired) electrons. The Morgan fingerprint density at radius 3 is 2.00 bits per heavy atom. The van der Waals surface area contributed by atoms with Crippen LogP contribution >= 0.6 is 0 Å². The van der Waals surface area contributed by atoms with E-state index in [-0.39, 0.29) is 6.42 Å². The molecule has 3 nitrogen and oxygen atoms in total. The second-order valence-corrected chi connectivity index (χ2v) is 0.747. The quantitative estimate of drug-likeness (QED) is 0.526. The molecule has 0 rings (SSSR count). The molecule has 0 atom stereocenters. The maximum Gasteiger partial charge on any atom is 0.303 e. The molecular formula is C4H7NO2. The summed E-state index contributed by atoms with van der Waals surface area (Å²) in [6, 6.07) is 0. The number of nitrogens with zero attached hydrogens (tertiary/aromatic N) is 1. The highest BCUT2D eigenvalue weighted by Gasteiger charge is 1.80. The van der Waals surface area contributed by atoms with E-state index in [4.69, 9.17) is 10.4 Å². The van der Waals surface area contributed by atoms with Gasteiger partial charge in [0.05, 0.1) is 0 Å². The average molecular weight is 101 g/mol. The molecule has 3 heteroatoms. The third kappa shape index (κ3) is 47.2. The lowest BCUT2D eigenvalue weighted by Gasteiger charge is -1.71. The monoisotopic (exact) mass is 101 g/mol. The molecular weight excluding hydrogens is 94.0 g/mol. The van der Waals surface area contributed by atoms with E-state index in [0.717, 1.165) is 0 Å². The van der Waals surface area contributed by atoms with Crippen molar-refractivity contribution in [3.63, 3.8) is 0 Å². The van der Waals surface area contributed by atoms with E-state index in [1.807, 2.05) is 0 Å². The summed E-state index contributed by atoms with van der Waals surface area (Å²) in [7, 11) is 0. The zero-order chi connectivity index (χ0) is 6.28. The van der Waals surface area contributed by atoms with E-state index in [9.17, 15) is 4.79 Å². The number of rotatable bonds is 1. The summed E-state index contributed by atoms with van der Waals surface area (Å²) in [4.78, 5) is 9.37. The molecule has 0 spiro atoms. The summed E-state index contributed by atoms with van der Waals surface area (Å²) in [6.07, 6.45) is 0.222. The van der Waals surface area contributed by atoms with Gasteiger partial charge in [-0.1, -0.05) is 6.92 Å². The van der Waals surface area contributed by atoms with Gasteiger partial charge in [-0.05, 0) is 0 Å². The van der Waals surface area contributed by atoms with E-state index in [2.05, 4.69) is 6.57 Å². The lowest BCUT2D eigenvalue weighted by Crippen LogP contribution is -1.86. The molecule has 0 aromatic rings. The Balaban J connectivity index is 0. The average Bonchev–Trinajstić information content (AvgIpc) is 1.73. The molecule has 0 aliphatic heterocycles. The second kappa shape index (κ2) is 8.88. The highest BCUT2D eigenvalue weighted by Crippen LogP contribution is 1.67. The first-order valence-corrected chi connectivity index (χ1v) is 1.75. The molecule has 40 valence electrons. The van der Waals surface area contributed by atoms with Gasteiger partial charge in [-0.25, -0.2) is 5.26 Å². The fraction of sp³-hybridized carbons (Fsp3) is 0.500. The summed E-state index contributed by atoms with van der Waals surface area (Å²) in [5.41, 5.74) is 0. The summed E-state index contributed by atoms with van der Waals surface area (Å²) in [5, 5.41) is 14.2. The second-order valence-electron chi connectivity index (χ2n) is 0.747. The molecule has 0 bridgehead atoms. The van der Waals surface area contributed by atoms with E-state index >= 15 is 0 Å². The van der Waals surface area contributed by atoms with Crippen molar-refractivity contribution in [3.05, 3.63) is 0 Å². The minimum Gasteiger partial charge on any atom is -0.481 e. The fourth-order valence-electron chi connectivity index (χ4n) is 0. The van der Waals surface area contributed by atoms with Gasteiger partial charge in [0.2, 0.25) is 0 Å². The van der Waals surface area contributed by atoms with Crippen LogP contribution in [0.3, 0.4) is 0 Å². The largest absolute Gasteiger partial charge is 0.481 e. The molecule has 0 saturated carbocycles. The first-order chi connectivity index (χ1) is 3.27. The van der Waals surface area contributed by atoms with Gasteiger partial charge in [0.25, 0.3) is 0 Å². The topological polar surface area (TPSA) is 61.1 Å². The lowest BCUT2D eigenvalue weighted by molar-refractivity contribution is -0.136. The van der Waals surface area contributed by atoms with Gasteiger partial charge in [0.15, 0.2) is 0 Å².